The standard InChI is InChI=1S/C14H19N3O4S/c18-13-5-4-10-11(16-13)2-1-3-12(10)17-14(19)15-9-6-7-22(20,21)8-9/h4-5,9,12H,1-3,6-8H2,(H,16,18)(H2,15,17,19)/t9-,12-/m0/s1. The van der Waals surface area contributed by atoms with E-state index < -0.39 is 9.84 Å². The van der Waals surface area contributed by atoms with E-state index in [-0.39, 0.29) is 35.2 Å². The minimum Gasteiger partial charge on any atom is -0.334 e. The third kappa shape index (κ3) is 3.32. The molecule has 2 amide bonds. The third-order valence-electron chi connectivity index (χ3n) is 4.20. The Morgan fingerprint density at radius 1 is 1.23 bits per heavy atom. The number of fused-ring (bicyclic) bond motifs is 1. The van der Waals surface area contributed by atoms with E-state index in [1.165, 1.54) is 6.07 Å². The maximum atomic E-state index is 12.1. The first-order valence-corrected chi connectivity index (χ1v) is 9.25. The average molecular weight is 325 g/mol. The first-order chi connectivity index (χ1) is 10.4. The Morgan fingerprint density at radius 2 is 2.05 bits per heavy atom. The average Bonchev–Trinajstić information content (AvgIpc) is 2.77. The molecule has 2 atom stereocenters. The lowest BCUT2D eigenvalue weighted by Crippen LogP contribution is -2.44. The number of rotatable bonds is 2. The third-order valence-corrected chi connectivity index (χ3v) is 5.97. The van der Waals surface area contributed by atoms with Crippen LogP contribution in [0.1, 0.15) is 36.6 Å². The second-order valence-corrected chi connectivity index (χ2v) is 8.15. The van der Waals surface area contributed by atoms with Crippen molar-refractivity contribution < 1.29 is 13.2 Å². The van der Waals surface area contributed by atoms with Crippen LogP contribution in [0.3, 0.4) is 0 Å². The summed E-state index contributed by atoms with van der Waals surface area (Å²) in [6.45, 7) is 0. The first kappa shape index (κ1) is 15.1. The fourth-order valence-corrected chi connectivity index (χ4v) is 4.82. The summed E-state index contributed by atoms with van der Waals surface area (Å²) >= 11 is 0. The zero-order valence-corrected chi connectivity index (χ0v) is 12.9. The van der Waals surface area contributed by atoms with Gasteiger partial charge in [0, 0.05) is 17.8 Å². The lowest BCUT2D eigenvalue weighted by molar-refractivity contribution is 0.232. The van der Waals surface area contributed by atoms with Crippen LogP contribution in [0.4, 0.5) is 4.79 Å². The van der Waals surface area contributed by atoms with Gasteiger partial charge in [0.05, 0.1) is 17.5 Å². The number of aromatic amines is 1. The Balaban J connectivity index is 1.65. The summed E-state index contributed by atoms with van der Waals surface area (Å²) in [7, 11) is -3.01. The van der Waals surface area contributed by atoms with Gasteiger partial charge in [0.1, 0.15) is 0 Å². The number of sulfone groups is 1. The number of carbonyl (C=O) groups excluding carboxylic acids is 1. The highest BCUT2D eigenvalue weighted by molar-refractivity contribution is 7.91. The van der Waals surface area contributed by atoms with Gasteiger partial charge in [-0.15, -0.1) is 0 Å². The number of nitrogens with one attached hydrogen (secondary N) is 3. The Kier molecular flexibility index (Phi) is 3.94. The highest BCUT2D eigenvalue weighted by Gasteiger charge is 2.30. The van der Waals surface area contributed by atoms with Gasteiger partial charge in [-0.2, -0.15) is 0 Å². The lowest BCUT2D eigenvalue weighted by Gasteiger charge is -2.26. The van der Waals surface area contributed by atoms with Gasteiger partial charge in [-0.1, -0.05) is 0 Å². The summed E-state index contributed by atoms with van der Waals surface area (Å²) in [5.41, 5.74) is 1.66. The van der Waals surface area contributed by atoms with Crippen LogP contribution in [0, 0.1) is 0 Å². The molecule has 120 valence electrons. The van der Waals surface area contributed by atoms with Crippen LogP contribution >= 0.6 is 0 Å². The molecule has 7 nitrogen and oxygen atoms in total. The number of amides is 2. The van der Waals surface area contributed by atoms with E-state index in [0.29, 0.717) is 6.42 Å². The molecule has 22 heavy (non-hydrogen) atoms. The van der Waals surface area contributed by atoms with Crippen LogP contribution in [0.5, 0.6) is 0 Å². The van der Waals surface area contributed by atoms with Gasteiger partial charge in [0.25, 0.3) is 0 Å². The summed E-state index contributed by atoms with van der Waals surface area (Å²) in [4.78, 5) is 26.2. The quantitative estimate of drug-likeness (QED) is 0.723. The summed E-state index contributed by atoms with van der Waals surface area (Å²) < 4.78 is 22.8. The molecule has 0 aromatic carbocycles. The van der Waals surface area contributed by atoms with E-state index in [0.717, 1.165) is 30.5 Å². The number of aryl methyl sites for hydroxylation is 1. The molecule has 3 N–H and O–H groups in total. The van der Waals surface area contributed by atoms with Gasteiger partial charge in [-0.3, -0.25) is 4.79 Å². The van der Waals surface area contributed by atoms with E-state index in [1.807, 2.05) is 0 Å². The van der Waals surface area contributed by atoms with Crippen molar-refractivity contribution >= 4 is 15.9 Å². The molecule has 0 radical (unpaired) electrons. The van der Waals surface area contributed by atoms with Gasteiger partial charge in [-0.05, 0) is 37.3 Å². The zero-order valence-electron chi connectivity index (χ0n) is 12.1. The topological polar surface area (TPSA) is 108 Å². The van der Waals surface area contributed by atoms with Crippen LogP contribution in [0.25, 0.3) is 0 Å². The molecular weight excluding hydrogens is 306 g/mol. The van der Waals surface area contributed by atoms with Crippen LogP contribution < -0.4 is 16.2 Å². The number of hydrogen-bond donors (Lipinski definition) is 3. The Bertz CT molecular complexity index is 741. The number of carbonyl (C=O) groups is 1. The predicted molar refractivity (Wildman–Crippen MR) is 81.5 cm³/mol. The molecule has 0 bridgehead atoms. The van der Waals surface area contributed by atoms with E-state index >= 15 is 0 Å². The lowest BCUT2D eigenvalue weighted by atomic mass is 9.91. The first-order valence-electron chi connectivity index (χ1n) is 7.42. The number of pyridine rings is 1. The largest absolute Gasteiger partial charge is 0.334 e. The van der Waals surface area contributed by atoms with E-state index in [9.17, 15) is 18.0 Å². The molecule has 1 aliphatic carbocycles. The van der Waals surface area contributed by atoms with Gasteiger partial charge in [0.2, 0.25) is 5.56 Å². The minimum atomic E-state index is -3.01. The molecule has 1 fully saturated rings. The smallest absolute Gasteiger partial charge is 0.315 e. The number of H-pyrrole nitrogens is 1. The highest BCUT2D eigenvalue weighted by atomic mass is 32.2. The molecule has 0 unspecified atom stereocenters. The van der Waals surface area contributed by atoms with Crippen LogP contribution in [-0.2, 0) is 16.3 Å². The maximum Gasteiger partial charge on any atom is 0.315 e. The second kappa shape index (κ2) is 5.75. The maximum absolute atomic E-state index is 12.1. The summed E-state index contributed by atoms with van der Waals surface area (Å²) in [6, 6.07) is 2.38. The summed E-state index contributed by atoms with van der Waals surface area (Å²) in [5, 5.41) is 5.60. The molecule has 1 saturated heterocycles. The van der Waals surface area contributed by atoms with Crippen molar-refractivity contribution in [3.63, 3.8) is 0 Å². The number of hydrogen-bond acceptors (Lipinski definition) is 4. The van der Waals surface area contributed by atoms with Gasteiger partial charge in [0.15, 0.2) is 9.84 Å². The van der Waals surface area contributed by atoms with Crippen molar-refractivity contribution in [1.82, 2.24) is 15.6 Å². The van der Waals surface area contributed by atoms with Gasteiger partial charge in [-0.25, -0.2) is 13.2 Å². The van der Waals surface area contributed by atoms with Crippen molar-refractivity contribution in [2.45, 2.75) is 37.8 Å². The van der Waals surface area contributed by atoms with Crippen LogP contribution in [-0.4, -0.2) is 37.0 Å². The van der Waals surface area contributed by atoms with Crippen molar-refractivity contribution in [2.75, 3.05) is 11.5 Å². The molecule has 1 aromatic heterocycles. The molecule has 8 heteroatoms. The van der Waals surface area contributed by atoms with Crippen molar-refractivity contribution in [3.8, 4) is 0 Å². The summed E-state index contributed by atoms with van der Waals surface area (Å²) in [5.74, 6) is 0.139. The molecule has 0 spiro atoms. The number of urea groups is 1. The molecule has 0 saturated carbocycles. The van der Waals surface area contributed by atoms with Gasteiger partial charge < -0.3 is 15.6 Å². The van der Waals surface area contributed by atoms with E-state index in [1.54, 1.807) is 6.07 Å². The van der Waals surface area contributed by atoms with Gasteiger partial charge >= 0.3 is 6.03 Å². The van der Waals surface area contributed by atoms with Crippen LogP contribution in [0.2, 0.25) is 0 Å². The fraction of sp³-hybridized carbons (Fsp3) is 0.571. The Labute approximate surface area is 128 Å². The van der Waals surface area contributed by atoms with E-state index in [2.05, 4.69) is 15.6 Å². The van der Waals surface area contributed by atoms with Crippen molar-refractivity contribution in [1.29, 1.82) is 0 Å². The zero-order chi connectivity index (χ0) is 15.7. The highest BCUT2D eigenvalue weighted by Crippen LogP contribution is 2.27. The van der Waals surface area contributed by atoms with Crippen molar-refractivity contribution in [2.24, 2.45) is 0 Å². The summed E-state index contributed by atoms with van der Waals surface area (Å²) in [6.07, 6.45) is 2.95. The Morgan fingerprint density at radius 3 is 2.77 bits per heavy atom. The minimum absolute atomic E-state index is 0.00892. The second-order valence-electron chi connectivity index (χ2n) is 5.92. The van der Waals surface area contributed by atoms with E-state index in [4.69, 9.17) is 0 Å². The van der Waals surface area contributed by atoms with Crippen molar-refractivity contribution in [3.05, 3.63) is 33.7 Å². The van der Waals surface area contributed by atoms with Crippen LogP contribution in [0.15, 0.2) is 16.9 Å². The predicted octanol–water partition coefficient (Wildman–Crippen LogP) is 0.239. The molecule has 3 rings (SSSR count). The molecule has 1 aromatic rings. The molecule has 1 aliphatic heterocycles. The number of aromatic nitrogens is 1. The molecular formula is C14H19N3O4S. The fourth-order valence-electron chi connectivity index (χ4n) is 3.14. The normalized spacial score (nSPS) is 26.2. The Hall–Kier alpha value is -1.83. The molecule has 2 aliphatic rings. The molecule has 2 heterocycles. The SMILES string of the molecule is O=C(N[C@H]1CCS(=O)(=O)C1)N[C@H]1CCCc2[nH]c(=O)ccc21. The monoisotopic (exact) mass is 325 g/mol.